The molecule has 0 aliphatic carbocycles. The van der Waals surface area contributed by atoms with E-state index in [1.54, 1.807) is 6.26 Å². The molecule has 1 amide bonds. The largest absolute Gasteiger partial charge is 0.469 e. The van der Waals surface area contributed by atoms with Gasteiger partial charge in [0.05, 0.1) is 6.26 Å². The highest BCUT2D eigenvalue weighted by Gasteiger charge is 2.35. The summed E-state index contributed by atoms with van der Waals surface area (Å²) in [6, 6.07) is 3.70. The van der Waals surface area contributed by atoms with Crippen LogP contribution in [0.15, 0.2) is 22.8 Å². The SMILES string of the molecule is CC(c1ccco1)C1SC(=S)NC1=O. The Hall–Kier alpha value is -0.810. The van der Waals surface area contributed by atoms with Crippen molar-refractivity contribution in [2.45, 2.75) is 18.1 Å². The number of carbonyl (C=O) groups excluding carboxylic acids is 1. The predicted molar refractivity (Wildman–Crippen MR) is 59.2 cm³/mol. The van der Waals surface area contributed by atoms with E-state index in [0.29, 0.717) is 4.32 Å². The van der Waals surface area contributed by atoms with Crippen molar-refractivity contribution in [2.75, 3.05) is 0 Å². The summed E-state index contributed by atoms with van der Waals surface area (Å²) in [5, 5.41) is 2.46. The molecule has 2 unspecified atom stereocenters. The molecule has 1 saturated heterocycles. The highest BCUT2D eigenvalue weighted by atomic mass is 32.2. The van der Waals surface area contributed by atoms with Gasteiger partial charge in [-0.25, -0.2) is 0 Å². The first kappa shape index (κ1) is 9.73. The first-order valence-corrected chi connectivity index (χ1v) is 5.52. The molecule has 14 heavy (non-hydrogen) atoms. The van der Waals surface area contributed by atoms with E-state index in [1.807, 2.05) is 19.1 Å². The summed E-state index contributed by atoms with van der Waals surface area (Å²) in [5.41, 5.74) is 0. The standard InChI is InChI=1S/C9H9NO2S2/c1-5(6-3-2-4-12-6)7-8(11)10-9(13)14-7/h2-5,7H,1H3,(H,10,11,13). The molecule has 2 rings (SSSR count). The summed E-state index contributed by atoms with van der Waals surface area (Å²) >= 11 is 6.31. The Kier molecular flexibility index (Phi) is 2.60. The first-order chi connectivity index (χ1) is 6.68. The lowest BCUT2D eigenvalue weighted by Crippen LogP contribution is -2.27. The van der Waals surface area contributed by atoms with Crippen LogP contribution in [-0.2, 0) is 4.79 Å². The molecule has 5 heteroatoms. The number of thioether (sulfide) groups is 1. The van der Waals surface area contributed by atoms with Crippen molar-refractivity contribution in [2.24, 2.45) is 0 Å². The molecule has 0 spiro atoms. The van der Waals surface area contributed by atoms with E-state index in [9.17, 15) is 4.79 Å². The number of carbonyl (C=O) groups is 1. The monoisotopic (exact) mass is 227 g/mol. The van der Waals surface area contributed by atoms with E-state index in [2.05, 4.69) is 5.32 Å². The van der Waals surface area contributed by atoms with E-state index in [-0.39, 0.29) is 17.1 Å². The number of furan rings is 1. The molecule has 0 bridgehead atoms. The van der Waals surface area contributed by atoms with E-state index >= 15 is 0 Å². The van der Waals surface area contributed by atoms with Crippen molar-refractivity contribution in [1.82, 2.24) is 5.32 Å². The number of nitrogens with one attached hydrogen (secondary N) is 1. The Morgan fingerprint density at radius 3 is 3.00 bits per heavy atom. The Labute approximate surface area is 91.2 Å². The second-order valence-corrected chi connectivity index (χ2v) is 4.94. The molecule has 74 valence electrons. The van der Waals surface area contributed by atoms with Crippen LogP contribution in [0.5, 0.6) is 0 Å². The summed E-state index contributed by atoms with van der Waals surface area (Å²) < 4.78 is 5.81. The van der Waals surface area contributed by atoms with Crippen molar-refractivity contribution < 1.29 is 9.21 Å². The van der Waals surface area contributed by atoms with E-state index < -0.39 is 0 Å². The van der Waals surface area contributed by atoms with Crippen LogP contribution in [0, 0.1) is 0 Å². The van der Waals surface area contributed by atoms with E-state index in [4.69, 9.17) is 16.6 Å². The molecule has 1 aliphatic rings. The Bertz CT molecular complexity index is 361. The van der Waals surface area contributed by atoms with Gasteiger partial charge in [-0.05, 0) is 12.1 Å². The number of hydrogen-bond donors (Lipinski definition) is 1. The second kappa shape index (κ2) is 3.74. The molecule has 0 aromatic carbocycles. The van der Waals surface area contributed by atoms with Crippen LogP contribution in [0.1, 0.15) is 18.6 Å². The molecule has 1 aromatic rings. The molecule has 0 saturated carbocycles. The third kappa shape index (κ3) is 1.69. The van der Waals surface area contributed by atoms with Crippen molar-refractivity contribution in [3.8, 4) is 0 Å². The molecular formula is C9H9NO2S2. The van der Waals surface area contributed by atoms with Gasteiger partial charge < -0.3 is 9.73 Å². The smallest absolute Gasteiger partial charge is 0.239 e. The third-order valence-corrected chi connectivity index (χ3v) is 3.75. The van der Waals surface area contributed by atoms with Crippen molar-refractivity contribution in [3.63, 3.8) is 0 Å². The third-order valence-electron chi connectivity index (χ3n) is 2.16. The zero-order valence-electron chi connectivity index (χ0n) is 7.52. The van der Waals surface area contributed by atoms with Crippen LogP contribution in [-0.4, -0.2) is 15.5 Å². The maximum Gasteiger partial charge on any atom is 0.239 e. The van der Waals surface area contributed by atoms with Crippen LogP contribution in [0.2, 0.25) is 0 Å². The minimum Gasteiger partial charge on any atom is -0.469 e. The highest BCUT2D eigenvalue weighted by molar-refractivity contribution is 8.24. The van der Waals surface area contributed by atoms with E-state index in [0.717, 1.165) is 5.76 Å². The first-order valence-electron chi connectivity index (χ1n) is 4.23. The maximum atomic E-state index is 11.5. The lowest BCUT2D eigenvalue weighted by atomic mass is 10.0. The fourth-order valence-electron chi connectivity index (χ4n) is 1.40. The summed E-state index contributed by atoms with van der Waals surface area (Å²) in [5.74, 6) is 0.849. The van der Waals surface area contributed by atoms with Gasteiger partial charge in [0, 0.05) is 5.92 Å². The molecular weight excluding hydrogens is 218 g/mol. The Morgan fingerprint density at radius 1 is 1.71 bits per heavy atom. The second-order valence-electron chi connectivity index (χ2n) is 3.12. The van der Waals surface area contributed by atoms with Gasteiger partial charge in [0.15, 0.2) is 0 Å². The number of rotatable bonds is 2. The fourth-order valence-corrected chi connectivity index (χ4v) is 2.70. The number of hydrogen-bond acceptors (Lipinski definition) is 4. The molecule has 0 radical (unpaired) electrons. The van der Waals surface area contributed by atoms with Crippen LogP contribution >= 0.6 is 24.0 Å². The predicted octanol–water partition coefficient (Wildman–Crippen LogP) is 1.90. The van der Waals surface area contributed by atoms with Crippen molar-refractivity contribution in [1.29, 1.82) is 0 Å². The highest BCUT2D eigenvalue weighted by Crippen LogP contribution is 2.32. The van der Waals surface area contributed by atoms with Crippen LogP contribution in [0.3, 0.4) is 0 Å². The van der Waals surface area contributed by atoms with Gasteiger partial charge in [-0.2, -0.15) is 0 Å². The normalized spacial score (nSPS) is 23.6. The minimum atomic E-state index is -0.159. The lowest BCUT2D eigenvalue weighted by molar-refractivity contribution is -0.119. The quantitative estimate of drug-likeness (QED) is 0.784. The van der Waals surface area contributed by atoms with E-state index in [1.165, 1.54) is 11.8 Å². The zero-order chi connectivity index (χ0) is 10.1. The Balaban J connectivity index is 2.16. The molecule has 1 fully saturated rings. The van der Waals surface area contributed by atoms with Gasteiger partial charge in [0.2, 0.25) is 5.91 Å². The lowest BCUT2D eigenvalue weighted by Gasteiger charge is -2.12. The fraction of sp³-hybridized carbons (Fsp3) is 0.333. The summed E-state index contributed by atoms with van der Waals surface area (Å²) in [6.45, 7) is 1.96. The minimum absolute atomic E-state index is 0.0242. The number of thiocarbonyl (C=S) groups is 1. The van der Waals surface area contributed by atoms with Crippen molar-refractivity contribution in [3.05, 3.63) is 24.2 Å². The average Bonchev–Trinajstić information content (AvgIpc) is 2.73. The summed E-state index contributed by atoms with van der Waals surface area (Å²) in [6.07, 6.45) is 1.61. The molecule has 2 atom stereocenters. The number of amides is 1. The van der Waals surface area contributed by atoms with Gasteiger partial charge in [0.25, 0.3) is 0 Å². The van der Waals surface area contributed by atoms with Gasteiger partial charge in [-0.15, -0.1) is 0 Å². The average molecular weight is 227 g/mol. The topological polar surface area (TPSA) is 42.2 Å². The molecule has 1 N–H and O–H groups in total. The van der Waals surface area contributed by atoms with Gasteiger partial charge in [-0.1, -0.05) is 30.9 Å². The van der Waals surface area contributed by atoms with Crippen LogP contribution in [0.4, 0.5) is 0 Å². The van der Waals surface area contributed by atoms with Gasteiger partial charge >= 0.3 is 0 Å². The molecule has 1 aromatic heterocycles. The molecule has 2 heterocycles. The molecule has 1 aliphatic heterocycles. The Morgan fingerprint density at radius 2 is 2.50 bits per heavy atom. The maximum absolute atomic E-state index is 11.5. The zero-order valence-corrected chi connectivity index (χ0v) is 9.15. The van der Waals surface area contributed by atoms with Gasteiger partial charge in [0.1, 0.15) is 15.3 Å². The van der Waals surface area contributed by atoms with Gasteiger partial charge in [-0.3, -0.25) is 4.79 Å². The summed E-state index contributed by atoms with van der Waals surface area (Å²) in [4.78, 5) is 11.5. The van der Waals surface area contributed by atoms with Crippen molar-refractivity contribution >= 4 is 34.2 Å². The van der Waals surface area contributed by atoms with Crippen LogP contribution < -0.4 is 5.32 Å². The molecule has 3 nitrogen and oxygen atoms in total. The summed E-state index contributed by atoms with van der Waals surface area (Å²) in [7, 11) is 0. The van der Waals surface area contributed by atoms with Crippen LogP contribution in [0.25, 0.3) is 0 Å².